The Morgan fingerprint density at radius 2 is 1.79 bits per heavy atom. The van der Waals surface area contributed by atoms with Gasteiger partial charge in [-0.15, -0.1) is 0 Å². The van der Waals surface area contributed by atoms with Crippen molar-refractivity contribution in [2.75, 3.05) is 39.3 Å². The lowest BCUT2D eigenvalue weighted by atomic mass is 9.91. The molecule has 2 aromatic rings. The second-order valence-corrected chi connectivity index (χ2v) is 7.78. The van der Waals surface area contributed by atoms with Crippen LogP contribution in [0.15, 0.2) is 36.4 Å². The number of rotatable bonds is 6. The van der Waals surface area contributed by atoms with Gasteiger partial charge in [0.25, 0.3) is 5.91 Å². The van der Waals surface area contributed by atoms with E-state index in [2.05, 4.69) is 10.6 Å². The molecular formula is C23H25N3O7. The summed E-state index contributed by atoms with van der Waals surface area (Å²) >= 11 is 0. The van der Waals surface area contributed by atoms with Crippen molar-refractivity contribution in [1.29, 1.82) is 0 Å². The van der Waals surface area contributed by atoms with Crippen molar-refractivity contribution in [3.05, 3.63) is 42.0 Å². The molecule has 0 bridgehead atoms. The van der Waals surface area contributed by atoms with Crippen LogP contribution in [0.2, 0.25) is 0 Å². The number of hydrogen-bond acceptors (Lipinski definition) is 7. The average molecular weight is 455 g/mol. The third-order valence-electron chi connectivity index (χ3n) is 5.57. The molecule has 2 aliphatic heterocycles. The van der Waals surface area contributed by atoms with Crippen LogP contribution in [0.25, 0.3) is 0 Å². The Balaban J connectivity index is 1.48. The van der Waals surface area contributed by atoms with Crippen LogP contribution in [-0.4, -0.2) is 56.7 Å². The molecule has 33 heavy (non-hydrogen) atoms. The molecule has 0 aromatic heterocycles. The van der Waals surface area contributed by atoms with Gasteiger partial charge < -0.3 is 29.6 Å². The van der Waals surface area contributed by atoms with E-state index in [4.69, 9.17) is 18.9 Å². The van der Waals surface area contributed by atoms with Gasteiger partial charge in [-0.05, 0) is 36.8 Å². The van der Waals surface area contributed by atoms with Crippen LogP contribution in [0.4, 0.5) is 10.5 Å². The minimum Gasteiger partial charge on any atom is -0.493 e. The maximum Gasteiger partial charge on any atom is 0.325 e. The molecule has 4 rings (SSSR count). The van der Waals surface area contributed by atoms with Gasteiger partial charge in [0.05, 0.1) is 27.4 Å². The van der Waals surface area contributed by atoms with Gasteiger partial charge >= 0.3 is 6.03 Å². The van der Waals surface area contributed by atoms with Crippen LogP contribution in [0.1, 0.15) is 18.9 Å². The number of ether oxygens (including phenoxy) is 4. The van der Waals surface area contributed by atoms with Crippen LogP contribution in [0, 0.1) is 0 Å². The Kier molecular flexibility index (Phi) is 5.99. The van der Waals surface area contributed by atoms with Gasteiger partial charge in [0.15, 0.2) is 23.0 Å². The Morgan fingerprint density at radius 1 is 1.06 bits per heavy atom. The van der Waals surface area contributed by atoms with E-state index in [-0.39, 0.29) is 0 Å². The van der Waals surface area contributed by atoms with Crippen LogP contribution in [0.3, 0.4) is 0 Å². The molecule has 1 atom stereocenters. The number of fused-ring (bicyclic) bond motifs is 1. The fraction of sp³-hybridized carbons (Fsp3) is 0.348. The summed E-state index contributed by atoms with van der Waals surface area (Å²) in [5.41, 5.74) is -0.380. The maximum absolute atomic E-state index is 13.2. The lowest BCUT2D eigenvalue weighted by Crippen LogP contribution is -2.42. The summed E-state index contributed by atoms with van der Waals surface area (Å²) in [5.74, 6) is 0.974. The number of carbonyl (C=O) groups excluding carboxylic acids is 3. The molecule has 2 heterocycles. The van der Waals surface area contributed by atoms with Crippen LogP contribution in [-0.2, 0) is 15.1 Å². The summed E-state index contributed by atoms with van der Waals surface area (Å²) in [7, 11) is 2.99. The highest BCUT2D eigenvalue weighted by Crippen LogP contribution is 2.36. The van der Waals surface area contributed by atoms with E-state index in [0.717, 1.165) is 11.3 Å². The first kappa shape index (κ1) is 22.3. The monoisotopic (exact) mass is 455 g/mol. The third-order valence-corrected chi connectivity index (χ3v) is 5.57. The topological polar surface area (TPSA) is 115 Å². The second-order valence-electron chi connectivity index (χ2n) is 7.78. The molecule has 0 aliphatic carbocycles. The highest BCUT2D eigenvalue weighted by atomic mass is 16.5. The second kappa shape index (κ2) is 8.89. The standard InChI is InChI=1S/C23H25N3O7/c1-23(14-5-7-16(30-2)18(11-14)31-3)21(28)26(22(29)25-23)13-20(27)24-15-6-8-17-19(12-15)33-10-4-9-32-17/h5-8,11-12H,4,9-10,13H2,1-3H3,(H,24,27)(H,25,29)/t23-/m1/s1. The minimum atomic E-state index is -1.35. The SMILES string of the molecule is COc1ccc([C@@]2(C)NC(=O)N(CC(=O)Nc3ccc4c(c3)OCCCO4)C2=O)cc1OC. The number of methoxy groups -OCH3 is 2. The molecule has 2 aromatic carbocycles. The number of anilines is 1. The maximum atomic E-state index is 13.2. The van der Waals surface area contributed by atoms with Crippen molar-refractivity contribution in [3.8, 4) is 23.0 Å². The van der Waals surface area contributed by atoms with Crippen LogP contribution < -0.4 is 29.6 Å². The van der Waals surface area contributed by atoms with Crippen molar-refractivity contribution < 1.29 is 33.3 Å². The van der Waals surface area contributed by atoms with Crippen molar-refractivity contribution in [1.82, 2.24) is 10.2 Å². The van der Waals surface area contributed by atoms with Crippen molar-refractivity contribution >= 4 is 23.5 Å². The molecule has 0 spiro atoms. The molecule has 0 unspecified atom stereocenters. The lowest BCUT2D eigenvalue weighted by molar-refractivity contribution is -0.133. The number of amides is 4. The first-order valence-corrected chi connectivity index (χ1v) is 10.4. The quantitative estimate of drug-likeness (QED) is 0.642. The Morgan fingerprint density at radius 3 is 2.52 bits per heavy atom. The summed E-state index contributed by atoms with van der Waals surface area (Å²) < 4.78 is 21.7. The van der Waals surface area contributed by atoms with Gasteiger partial charge in [0, 0.05) is 18.2 Å². The Labute approximate surface area is 190 Å². The zero-order chi connectivity index (χ0) is 23.6. The van der Waals surface area contributed by atoms with Crippen molar-refractivity contribution in [3.63, 3.8) is 0 Å². The number of nitrogens with zero attached hydrogens (tertiary/aromatic N) is 1. The van der Waals surface area contributed by atoms with E-state index in [9.17, 15) is 14.4 Å². The molecule has 10 nitrogen and oxygen atoms in total. The van der Waals surface area contributed by atoms with E-state index in [1.165, 1.54) is 14.2 Å². The first-order chi connectivity index (χ1) is 15.9. The number of urea groups is 1. The minimum absolute atomic E-state index is 0.420. The van der Waals surface area contributed by atoms with E-state index in [0.29, 0.717) is 47.5 Å². The number of benzene rings is 2. The largest absolute Gasteiger partial charge is 0.493 e. The fourth-order valence-corrected chi connectivity index (χ4v) is 3.77. The van der Waals surface area contributed by atoms with Gasteiger partial charge in [-0.3, -0.25) is 14.5 Å². The molecule has 2 aliphatic rings. The normalized spacial score (nSPS) is 19.5. The summed E-state index contributed by atoms with van der Waals surface area (Å²) in [6.07, 6.45) is 0.765. The third kappa shape index (κ3) is 4.23. The summed E-state index contributed by atoms with van der Waals surface area (Å²) in [4.78, 5) is 39.3. The summed E-state index contributed by atoms with van der Waals surface area (Å²) in [6.45, 7) is 2.21. The average Bonchev–Trinajstić information content (AvgIpc) is 2.96. The zero-order valence-electron chi connectivity index (χ0n) is 18.6. The molecule has 4 amide bonds. The van der Waals surface area contributed by atoms with Crippen LogP contribution in [0.5, 0.6) is 23.0 Å². The number of carbonyl (C=O) groups is 3. The van der Waals surface area contributed by atoms with Crippen molar-refractivity contribution in [2.45, 2.75) is 18.9 Å². The van der Waals surface area contributed by atoms with Gasteiger partial charge in [-0.2, -0.15) is 0 Å². The lowest BCUT2D eigenvalue weighted by Gasteiger charge is -2.23. The molecule has 10 heteroatoms. The predicted molar refractivity (Wildman–Crippen MR) is 118 cm³/mol. The van der Waals surface area contributed by atoms with Gasteiger partial charge in [-0.25, -0.2) is 4.79 Å². The smallest absolute Gasteiger partial charge is 0.325 e. The highest BCUT2D eigenvalue weighted by Gasteiger charge is 2.49. The molecule has 2 N–H and O–H groups in total. The van der Waals surface area contributed by atoms with E-state index < -0.39 is 29.9 Å². The van der Waals surface area contributed by atoms with Gasteiger partial charge in [0.2, 0.25) is 5.91 Å². The van der Waals surface area contributed by atoms with E-state index in [1.807, 2.05) is 0 Å². The number of nitrogens with one attached hydrogen (secondary N) is 2. The molecule has 174 valence electrons. The highest BCUT2D eigenvalue weighted by molar-refractivity contribution is 6.10. The molecular weight excluding hydrogens is 430 g/mol. The summed E-state index contributed by atoms with van der Waals surface area (Å²) in [5, 5.41) is 5.37. The van der Waals surface area contributed by atoms with Crippen LogP contribution >= 0.6 is 0 Å². The molecule has 1 fully saturated rings. The van der Waals surface area contributed by atoms with Gasteiger partial charge in [-0.1, -0.05) is 6.07 Å². The number of imide groups is 1. The zero-order valence-corrected chi connectivity index (χ0v) is 18.6. The fourth-order valence-electron chi connectivity index (χ4n) is 3.77. The Hall–Kier alpha value is -3.95. The number of hydrogen-bond donors (Lipinski definition) is 2. The van der Waals surface area contributed by atoms with E-state index in [1.54, 1.807) is 43.3 Å². The van der Waals surface area contributed by atoms with E-state index >= 15 is 0 Å². The van der Waals surface area contributed by atoms with Gasteiger partial charge in [0.1, 0.15) is 12.1 Å². The molecule has 0 saturated carbocycles. The molecule has 1 saturated heterocycles. The summed E-state index contributed by atoms with van der Waals surface area (Å²) in [6, 6.07) is 9.31. The Bertz CT molecular complexity index is 1100. The van der Waals surface area contributed by atoms with Crippen molar-refractivity contribution in [2.24, 2.45) is 0 Å². The predicted octanol–water partition coefficient (Wildman–Crippen LogP) is 2.27. The molecule has 0 radical (unpaired) electrons. The first-order valence-electron chi connectivity index (χ1n) is 10.4.